The molecule has 0 fully saturated rings. The maximum absolute atomic E-state index is 12.0. The van der Waals surface area contributed by atoms with Crippen molar-refractivity contribution >= 4 is 5.91 Å². The lowest BCUT2D eigenvalue weighted by molar-refractivity contribution is -0.121. The van der Waals surface area contributed by atoms with Crippen molar-refractivity contribution in [1.82, 2.24) is 5.32 Å². The molecule has 0 aromatic heterocycles. The maximum atomic E-state index is 12.0. The van der Waals surface area contributed by atoms with Crippen LogP contribution in [0.5, 0.6) is 23.0 Å². The van der Waals surface area contributed by atoms with Crippen molar-refractivity contribution in [3.63, 3.8) is 0 Å². The van der Waals surface area contributed by atoms with E-state index in [2.05, 4.69) is 11.4 Å². The van der Waals surface area contributed by atoms with E-state index in [1.165, 1.54) is 7.11 Å². The number of ether oxygens (including phenoxy) is 4. The summed E-state index contributed by atoms with van der Waals surface area (Å²) in [5.41, 5.74) is 1.46. The van der Waals surface area contributed by atoms with Gasteiger partial charge in [0.25, 0.3) is 0 Å². The van der Waals surface area contributed by atoms with Gasteiger partial charge >= 0.3 is 0 Å². The minimum atomic E-state index is -0.0507. The molecule has 146 valence electrons. The Hall–Kier alpha value is -3.40. The molecular formula is C21H22N2O5. The predicted molar refractivity (Wildman–Crippen MR) is 102 cm³/mol. The predicted octanol–water partition coefficient (Wildman–Crippen LogP) is 2.81. The number of nitrogens with zero attached hydrogens (tertiary/aromatic N) is 1. The molecule has 0 spiro atoms. The third kappa shape index (κ3) is 5.07. The standard InChI is InChI=1S/C21H22N2O5/c1-25-19-11-15(13-22)4-6-17(19)26-8-2-3-21(24)23-14-16-5-7-18-20(12-16)28-10-9-27-18/h4-7,11-12H,2-3,8-10,14H2,1H3,(H,23,24). The zero-order chi connectivity index (χ0) is 19.8. The quantitative estimate of drug-likeness (QED) is 0.706. The van der Waals surface area contributed by atoms with Crippen LogP contribution >= 0.6 is 0 Å². The summed E-state index contributed by atoms with van der Waals surface area (Å²) >= 11 is 0. The van der Waals surface area contributed by atoms with Gasteiger partial charge in [0.05, 0.1) is 25.3 Å². The highest BCUT2D eigenvalue weighted by Crippen LogP contribution is 2.30. The van der Waals surface area contributed by atoms with Gasteiger partial charge in [0.2, 0.25) is 5.91 Å². The van der Waals surface area contributed by atoms with Crippen LogP contribution in [0.25, 0.3) is 0 Å². The van der Waals surface area contributed by atoms with Gasteiger partial charge in [-0.15, -0.1) is 0 Å². The van der Waals surface area contributed by atoms with Crippen LogP contribution in [0.4, 0.5) is 0 Å². The summed E-state index contributed by atoms with van der Waals surface area (Å²) in [6.07, 6.45) is 0.916. The Balaban J connectivity index is 1.40. The number of nitriles is 1. The van der Waals surface area contributed by atoms with Crippen molar-refractivity contribution < 1.29 is 23.7 Å². The third-order valence-corrected chi connectivity index (χ3v) is 4.19. The lowest BCUT2D eigenvalue weighted by Gasteiger charge is -2.19. The first-order valence-corrected chi connectivity index (χ1v) is 9.06. The molecule has 0 atom stereocenters. The zero-order valence-corrected chi connectivity index (χ0v) is 15.7. The summed E-state index contributed by atoms with van der Waals surface area (Å²) in [6.45, 7) is 1.89. The molecule has 1 aliphatic rings. The molecular weight excluding hydrogens is 360 g/mol. The van der Waals surface area contributed by atoms with E-state index in [4.69, 9.17) is 24.2 Å². The number of hydrogen-bond donors (Lipinski definition) is 1. The van der Waals surface area contributed by atoms with Crippen LogP contribution in [-0.2, 0) is 11.3 Å². The highest BCUT2D eigenvalue weighted by molar-refractivity contribution is 5.75. The number of methoxy groups -OCH3 is 1. The molecule has 7 heteroatoms. The van der Waals surface area contributed by atoms with Crippen LogP contribution in [0.3, 0.4) is 0 Å². The highest BCUT2D eigenvalue weighted by atomic mass is 16.6. The fourth-order valence-electron chi connectivity index (χ4n) is 2.76. The van der Waals surface area contributed by atoms with Crippen molar-refractivity contribution in [3.8, 4) is 29.1 Å². The molecule has 1 heterocycles. The fourth-order valence-corrected chi connectivity index (χ4v) is 2.76. The number of fused-ring (bicyclic) bond motifs is 1. The normalized spacial score (nSPS) is 12.0. The van der Waals surface area contributed by atoms with Gasteiger partial charge < -0.3 is 24.3 Å². The number of carbonyl (C=O) groups excluding carboxylic acids is 1. The van der Waals surface area contributed by atoms with Crippen molar-refractivity contribution in [2.75, 3.05) is 26.9 Å². The molecule has 0 saturated heterocycles. The summed E-state index contributed by atoms with van der Waals surface area (Å²) in [6, 6.07) is 12.7. The molecule has 2 aromatic carbocycles. The first-order chi connectivity index (χ1) is 13.7. The Morgan fingerprint density at radius 3 is 2.75 bits per heavy atom. The van der Waals surface area contributed by atoms with Crippen molar-refractivity contribution in [2.24, 2.45) is 0 Å². The van der Waals surface area contributed by atoms with Crippen LogP contribution in [0, 0.1) is 11.3 Å². The topological polar surface area (TPSA) is 89.8 Å². The number of nitrogens with one attached hydrogen (secondary N) is 1. The molecule has 0 radical (unpaired) electrons. The minimum absolute atomic E-state index is 0.0507. The summed E-state index contributed by atoms with van der Waals surface area (Å²) < 4.78 is 21.9. The van der Waals surface area contributed by atoms with Gasteiger partial charge in [-0.3, -0.25) is 4.79 Å². The maximum Gasteiger partial charge on any atom is 0.220 e. The van der Waals surface area contributed by atoms with Crippen LogP contribution in [0.1, 0.15) is 24.0 Å². The van der Waals surface area contributed by atoms with Gasteiger partial charge in [0.15, 0.2) is 23.0 Å². The van der Waals surface area contributed by atoms with E-state index >= 15 is 0 Å². The van der Waals surface area contributed by atoms with E-state index in [-0.39, 0.29) is 5.91 Å². The molecule has 7 nitrogen and oxygen atoms in total. The Kier molecular flexibility index (Phi) is 6.58. The molecule has 1 amide bonds. The zero-order valence-electron chi connectivity index (χ0n) is 15.7. The van der Waals surface area contributed by atoms with E-state index in [9.17, 15) is 4.79 Å². The first kappa shape index (κ1) is 19.4. The molecule has 2 aromatic rings. The van der Waals surface area contributed by atoms with Gasteiger partial charge in [0, 0.05) is 19.0 Å². The molecule has 0 bridgehead atoms. The lowest BCUT2D eigenvalue weighted by Crippen LogP contribution is -2.23. The summed E-state index contributed by atoms with van der Waals surface area (Å²) in [5.74, 6) is 2.45. The molecule has 1 aliphatic heterocycles. The number of hydrogen-bond acceptors (Lipinski definition) is 6. The van der Waals surface area contributed by atoms with Crippen molar-refractivity contribution in [1.29, 1.82) is 5.26 Å². The van der Waals surface area contributed by atoms with Crippen molar-refractivity contribution in [2.45, 2.75) is 19.4 Å². The van der Waals surface area contributed by atoms with Gasteiger partial charge in [-0.2, -0.15) is 5.26 Å². The SMILES string of the molecule is COc1cc(C#N)ccc1OCCCC(=O)NCc1ccc2c(c1)OCCO2. The van der Waals surface area contributed by atoms with E-state index in [0.717, 1.165) is 11.3 Å². The second kappa shape index (κ2) is 9.51. The lowest BCUT2D eigenvalue weighted by atomic mass is 10.2. The second-order valence-corrected chi connectivity index (χ2v) is 6.18. The molecule has 0 aliphatic carbocycles. The Labute approximate surface area is 163 Å². The molecule has 0 saturated carbocycles. The van der Waals surface area contributed by atoms with E-state index < -0.39 is 0 Å². The van der Waals surface area contributed by atoms with E-state index in [0.29, 0.717) is 62.0 Å². The molecule has 28 heavy (non-hydrogen) atoms. The third-order valence-electron chi connectivity index (χ3n) is 4.19. The Morgan fingerprint density at radius 2 is 1.96 bits per heavy atom. The number of carbonyl (C=O) groups is 1. The van der Waals surface area contributed by atoms with Crippen LogP contribution < -0.4 is 24.3 Å². The number of benzene rings is 2. The first-order valence-electron chi connectivity index (χ1n) is 9.06. The van der Waals surface area contributed by atoms with Crippen LogP contribution in [0.2, 0.25) is 0 Å². The Morgan fingerprint density at radius 1 is 1.14 bits per heavy atom. The fraction of sp³-hybridized carbons (Fsp3) is 0.333. The summed E-state index contributed by atoms with van der Waals surface area (Å²) in [4.78, 5) is 12.0. The van der Waals surface area contributed by atoms with Crippen LogP contribution in [0.15, 0.2) is 36.4 Å². The summed E-state index contributed by atoms with van der Waals surface area (Å²) in [7, 11) is 1.52. The van der Waals surface area contributed by atoms with Gasteiger partial charge in [0.1, 0.15) is 13.2 Å². The smallest absolute Gasteiger partial charge is 0.220 e. The van der Waals surface area contributed by atoms with Crippen molar-refractivity contribution in [3.05, 3.63) is 47.5 Å². The van der Waals surface area contributed by atoms with Gasteiger partial charge in [-0.1, -0.05) is 6.07 Å². The number of amides is 1. The second-order valence-electron chi connectivity index (χ2n) is 6.18. The van der Waals surface area contributed by atoms with Gasteiger partial charge in [-0.25, -0.2) is 0 Å². The minimum Gasteiger partial charge on any atom is -0.493 e. The monoisotopic (exact) mass is 382 g/mol. The molecule has 0 unspecified atom stereocenters. The molecule has 3 rings (SSSR count). The average Bonchev–Trinajstić information content (AvgIpc) is 2.75. The average molecular weight is 382 g/mol. The highest BCUT2D eigenvalue weighted by Gasteiger charge is 2.12. The summed E-state index contributed by atoms with van der Waals surface area (Å²) in [5, 5.41) is 11.8. The Bertz CT molecular complexity index is 876. The number of rotatable bonds is 8. The van der Waals surface area contributed by atoms with E-state index in [1.54, 1.807) is 18.2 Å². The van der Waals surface area contributed by atoms with E-state index in [1.807, 2.05) is 18.2 Å². The van der Waals surface area contributed by atoms with Crippen LogP contribution in [-0.4, -0.2) is 32.8 Å². The molecule has 1 N–H and O–H groups in total. The largest absolute Gasteiger partial charge is 0.493 e. The van der Waals surface area contributed by atoms with Gasteiger partial charge in [-0.05, 0) is 36.2 Å².